The molecule has 1 aromatic heterocycles. The molecule has 2 aliphatic heterocycles. The van der Waals surface area contributed by atoms with Gasteiger partial charge in [0.2, 0.25) is 29.6 Å². The van der Waals surface area contributed by atoms with Crippen LogP contribution in [0.15, 0.2) is 52.9 Å². The fraction of sp³-hybridized carbons (Fsp3) is 0.227. The molecule has 0 bridgehead atoms. The van der Waals surface area contributed by atoms with E-state index in [1.54, 1.807) is 23.1 Å². The summed E-state index contributed by atoms with van der Waals surface area (Å²) in [6, 6.07) is 14.4. The van der Waals surface area contributed by atoms with E-state index in [0.29, 0.717) is 33.2 Å². The third-order valence-corrected chi connectivity index (χ3v) is 7.16. The summed E-state index contributed by atoms with van der Waals surface area (Å²) < 4.78 is 11.1. The summed E-state index contributed by atoms with van der Waals surface area (Å²) in [5.74, 6) is 0.306. The van der Waals surface area contributed by atoms with Crippen molar-refractivity contribution >= 4 is 57.3 Å². The van der Waals surface area contributed by atoms with Crippen LogP contribution in [-0.4, -0.2) is 47.0 Å². The maximum absolute atomic E-state index is 12.7. The molecular formula is C22H19N5O5S2. The number of para-hydroxylation sites is 1. The van der Waals surface area contributed by atoms with E-state index in [1.165, 1.54) is 23.1 Å². The lowest BCUT2D eigenvalue weighted by molar-refractivity contribution is -0.122. The normalized spacial score (nSPS) is 16.5. The first kappa shape index (κ1) is 22.2. The van der Waals surface area contributed by atoms with E-state index in [2.05, 4.69) is 20.8 Å². The second kappa shape index (κ2) is 9.69. The van der Waals surface area contributed by atoms with Crippen molar-refractivity contribution in [2.75, 3.05) is 34.6 Å². The molecule has 12 heteroatoms. The number of fused-ring (bicyclic) bond motifs is 1. The quantitative estimate of drug-likeness (QED) is 0.377. The van der Waals surface area contributed by atoms with E-state index in [4.69, 9.17) is 9.47 Å². The first-order chi connectivity index (χ1) is 16.5. The summed E-state index contributed by atoms with van der Waals surface area (Å²) in [6.45, 7) is 0.482. The highest BCUT2D eigenvalue weighted by Crippen LogP contribution is 2.34. The van der Waals surface area contributed by atoms with Gasteiger partial charge in [0.05, 0.1) is 11.7 Å². The van der Waals surface area contributed by atoms with Crippen LogP contribution in [0.4, 0.5) is 16.5 Å². The highest BCUT2D eigenvalue weighted by molar-refractivity contribution is 8.01. The van der Waals surface area contributed by atoms with Crippen LogP contribution in [0.2, 0.25) is 0 Å². The first-order valence-corrected chi connectivity index (χ1v) is 12.2. The molecule has 5 rings (SSSR count). The summed E-state index contributed by atoms with van der Waals surface area (Å²) in [4.78, 5) is 38.9. The number of thioether (sulfide) groups is 1. The number of anilines is 3. The van der Waals surface area contributed by atoms with Crippen molar-refractivity contribution in [3.05, 3.63) is 48.5 Å². The summed E-state index contributed by atoms with van der Waals surface area (Å²) in [5, 5.41) is 13.9. The average molecular weight is 498 g/mol. The van der Waals surface area contributed by atoms with Crippen LogP contribution in [-0.2, 0) is 14.4 Å². The van der Waals surface area contributed by atoms with E-state index in [0.717, 1.165) is 5.69 Å². The molecule has 0 aliphatic carbocycles. The molecule has 174 valence electrons. The van der Waals surface area contributed by atoms with Gasteiger partial charge in [0.1, 0.15) is 0 Å². The zero-order valence-corrected chi connectivity index (χ0v) is 19.4. The number of nitrogens with zero attached hydrogens (tertiary/aromatic N) is 3. The predicted molar refractivity (Wildman–Crippen MR) is 127 cm³/mol. The summed E-state index contributed by atoms with van der Waals surface area (Å²) >= 11 is 2.39. The molecule has 1 atom stereocenters. The molecule has 2 aromatic carbocycles. The molecule has 10 nitrogen and oxygen atoms in total. The highest BCUT2D eigenvalue weighted by atomic mass is 32.2. The van der Waals surface area contributed by atoms with Crippen LogP contribution >= 0.6 is 23.1 Å². The van der Waals surface area contributed by atoms with Crippen LogP contribution < -0.4 is 25.0 Å². The van der Waals surface area contributed by atoms with Gasteiger partial charge in [0.25, 0.3) is 0 Å². The molecule has 2 aliphatic rings. The Balaban J connectivity index is 1.11. The topological polar surface area (TPSA) is 123 Å². The van der Waals surface area contributed by atoms with Crippen molar-refractivity contribution in [3.63, 3.8) is 0 Å². The minimum absolute atomic E-state index is 0.0895. The second-order valence-electron chi connectivity index (χ2n) is 7.51. The van der Waals surface area contributed by atoms with Crippen molar-refractivity contribution in [2.45, 2.75) is 10.8 Å². The van der Waals surface area contributed by atoms with Crippen LogP contribution in [0.5, 0.6) is 11.5 Å². The van der Waals surface area contributed by atoms with E-state index >= 15 is 0 Å². The molecule has 3 amide bonds. The van der Waals surface area contributed by atoms with E-state index in [-0.39, 0.29) is 36.7 Å². The maximum atomic E-state index is 12.7. The van der Waals surface area contributed by atoms with Crippen LogP contribution in [0.25, 0.3) is 0 Å². The summed E-state index contributed by atoms with van der Waals surface area (Å²) in [6.07, 6.45) is 0.140. The summed E-state index contributed by atoms with van der Waals surface area (Å²) in [5.41, 5.74) is 1.38. The van der Waals surface area contributed by atoms with Crippen molar-refractivity contribution in [1.29, 1.82) is 0 Å². The lowest BCUT2D eigenvalue weighted by Gasteiger charge is -2.16. The molecule has 2 N–H and O–H groups in total. The molecule has 3 aromatic rings. The number of carbonyl (C=O) groups is 3. The Bertz CT molecular complexity index is 1240. The van der Waals surface area contributed by atoms with Crippen LogP contribution in [0.1, 0.15) is 6.42 Å². The van der Waals surface area contributed by atoms with Crippen molar-refractivity contribution in [2.24, 2.45) is 5.92 Å². The number of benzene rings is 2. The standard InChI is InChI=1S/C22H19N5O5S2/c28-18(23-14-6-7-16-17(9-14)32-12-31-16)11-33-22-26-25-21(34-22)24-20(30)13-8-19(29)27(10-13)15-4-2-1-3-5-15/h1-7,9,13H,8,10-12H2,(H,23,28)(H,24,25,30). The van der Waals surface area contributed by atoms with Gasteiger partial charge < -0.3 is 25.0 Å². The second-order valence-corrected chi connectivity index (χ2v) is 9.71. The average Bonchev–Trinajstić information content (AvgIpc) is 3.58. The molecule has 0 radical (unpaired) electrons. The molecule has 3 heterocycles. The van der Waals surface area contributed by atoms with Crippen LogP contribution in [0.3, 0.4) is 0 Å². The SMILES string of the molecule is O=C(CSc1nnc(NC(=O)C2CC(=O)N(c3ccccc3)C2)s1)Nc1ccc2c(c1)OCO2. The Morgan fingerprint density at radius 3 is 2.76 bits per heavy atom. The number of hydrogen-bond donors (Lipinski definition) is 2. The van der Waals surface area contributed by atoms with E-state index in [9.17, 15) is 14.4 Å². The minimum atomic E-state index is -0.472. The molecule has 0 spiro atoms. The predicted octanol–water partition coefficient (Wildman–Crippen LogP) is 2.99. The number of amides is 3. The van der Waals surface area contributed by atoms with Gasteiger partial charge in [-0.3, -0.25) is 14.4 Å². The van der Waals surface area contributed by atoms with E-state index < -0.39 is 5.92 Å². The van der Waals surface area contributed by atoms with Crippen molar-refractivity contribution in [1.82, 2.24) is 10.2 Å². The van der Waals surface area contributed by atoms with Gasteiger partial charge in [-0.2, -0.15) is 0 Å². The largest absolute Gasteiger partial charge is 0.454 e. The number of rotatable bonds is 7. The van der Waals surface area contributed by atoms with Gasteiger partial charge in [-0.1, -0.05) is 41.3 Å². The molecular weight excluding hydrogens is 478 g/mol. The lowest BCUT2D eigenvalue weighted by Crippen LogP contribution is -2.28. The molecule has 1 unspecified atom stereocenters. The van der Waals surface area contributed by atoms with Gasteiger partial charge in [-0.15, -0.1) is 10.2 Å². The van der Waals surface area contributed by atoms with Gasteiger partial charge in [0, 0.05) is 30.4 Å². The third-order valence-electron chi connectivity index (χ3n) is 5.18. The fourth-order valence-electron chi connectivity index (χ4n) is 3.57. The Kier molecular flexibility index (Phi) is 6.32. The van der Waals surface area contributed by atoms with Gasteiger partial charge in [0.15, 0.2) is 15.8 Å². The third kappa shape index (κ3) is 4.97. The summed E-state index contributed by atoms with van der Waals surface area (Å²) in [7, 11) is 0. The Hall–Kier alpha value is -3.64. The van der Waals surface area contributed by atoms with Gasteiger partial charge >= 0.3 is 0 Å². The van der Waals surface area contributed by atoms with Gasteiger partial charge in [-0.05, 0) is 24.3 Å². The Morgan fingerprint density at radius 1 is 1.09 bits per heavy atom. The lowest BCUT2D eigenvalue weighted by atomic mass is 10.1. The van der Waals surface area contributed by atoms with E-state index in [1.807, 2.05) is 30.3 Å². The Labute approximate surface area is 202 Å². The van der Waals surface area contributed by atoms with Gasteiger partial charge in [-0.25, -0.2) is 0 Å². The minimum Gasteiger partial charge on any atom is -0.454 e. The molecule has 0 saturated carbocycles. The van der Waals surface area contributed by atoms with Crippen LogP contribution in [0, 0.1) is 5.92 Å². The highest BCUT2D eigenvalue weighted by Gasteiger charge is 2.35. The number of ether oxygens (including phenoxy) is 2. The monoisotopic (exact) mass is 497 g/mol. The molecule has 34 heavy (non-hydrogen) atoms. The molecule has 1 fully saturated rings. The number of carbonyl (C=O) groups excluding carboxylic acids is 3. The Morgan fingerprint density at radius 2 is 1.91 bits per heavy atom. The van der Waals surface area contributed by atoms with Crippen molar-refractivity contribution in [3.8, 4) is 11.5 Å². The molecule has 1 saturated heterocycles. The number of hydrogen-bond acceptors (Lipinski definition) is 9. The zero-order valence-electron chi connectivity index (χ0n) is 17.7. The maximum Gasteiger partial charge on any atom is 0.234 e. The smallest absolute Gasteiger partial charge is 0.234 e. The van der Waals surface area contributed by atoms with Crippen molar-refractivity contribution < 1.29 is 23.9 Å². The fourth-order valence-corrected chi connectivity index (χ4v) is 5.12. The number of nitrogens with one attached hydrogen (secondary N) is 2. The zero-order chi connectivity index (χ0) is 23.5. The number of aromatic nitrogens is 2. The first-order valence-electron chi connectivity index (χ1n) is 10.4.